The van der Waals surface area contributed by atoms with E-state index < -0.39 is 0 Å². The molecule has 0 saturated heterocycles. The van der Waals surface area contributed by atoms with Gasteiger partial charge in [0.05, 0.1) is 5.02 Å². The van der Waals surface area contributed by atoms with Crippen LogP contribution in [0.2, 0.25) is 5.02 Å². The van der Waals surface area contributed by atoms with E-state index in [1.54, 1.807) is 6.92 Å². The SMILES string of the molecule is CC(=O)c1ccc(N(CC2CC2)C2CC2)cc1Cl. The van der Waals surface area contributed by atoms with Crippen molar-refractivity contribution in [1.29, 1.82) is 0 Å². The van der Waals surface area contributed by atoms with E-state index in [4.69, 9.17) is 11.6 Å². The summed E-state index contributed by atoms with van der Waals surface area (Å²) in [5.74, 6) is 0.906. The van der Waals surface area contributed by atoms with Crippen LogP contribution in [-0.4, -0.2) is 18.4 Å². The molecule has 0 atom stereocenters. The highest BCUT2D eigenvalue weighted by Gasteiger charge is 2.34. The van der Waals surface area contributed by atoms with Crippen molar-refractivity contribution >= 4 is 23.1 Å². The monoisotopic (exact) mass is 263 g/mol. The fourth-order valence-corrected chi connectivity index (χ4v) is 2.71. The summed E-state index contributed by atoms with van der Waals surface area (Å²) in [5.41, 5.74) is 1.81. The molecule has 0 N–H and O–H groups in total. The molecule has 1 aromatic rings. The predicted molar refractivity (Wildman–Crippen MR) is 74.5 cm³/mol. The molecule has 2 fully saturated rings. The molecule has 2 aliphatic rings. The van der Waals surface area contributed by atoms with E-state index in [0.29, 0.717) is 16.6 Å². The molecular formula is C15H18ClNO. The highest BCUT2D eigenvalue weighted by molar-refractivity contribution is 6.34. The first-order chi connectivity index (χ1) is 8.65. The lowest BCUT2D eigenvalue weighted by Gasteiger charge is -2.25. The van der Waals surface area contributed by atoms with E-state index in [0.717, 1.165) is 12.5 Å². The number of anilines is 1. The van der Waals surface area contributed by atoms with Crippen LogP contribution in [-0.2, 0) is 0 Å². The topological polar surface area (TPSA) is 20.3 Å². The summed E-state index contributed by atoms with van der Waals surface area (Å²) in [6.45, 7) is 2.71. The minimum Gasteiger partial charge on any atom is -0.368 e. The van der Waals surface area contributed by atoms with Gasteiger partial charge in [-0.25, -0.2) is 0 Å². The van der Waals surface area contributed by atoms with Crippen molar-refractivity contribution in [2.45, 2.75) is 38.6 Å². The normalized spacial score (nSPS) is 18.8. The van der Waals surface area contributed by atoms with Gasteiger partial charge in [-0.15, -0.1) is 0 Å². The van der Waals surface area contributed by atoms with Crippen molar-refractivity contribution in [2.24, 2.45) is 5.92 Å². The van der Waals surface area contributed by atoms with Gasteiger partial charge in [-0.2, -0.15) is 0 Å². The van der Waals surface area contributed by atoms with Crippen molar-refractivity contribution < 1.29 is 4.79 Å². The summed E-state index contributed by atoms with van der Waals surface area (Å²) in [5, 5.41) is 0.585. The van der Waals surface area contributed by atoms with Crippen LogP contribution in [0.5, 0.6) is 0 Å². The Morgan fingerprint density at radius 1 is 1.33 bits per heavy atom. The van der Waals surface area contributed by atoms with Crippen molar-refractivity contribution in [3.8, 4) is 0 Å². The first-order valence-electron chi connectivity index (χ1n) is 6.72. The molecule has 0 heterocycles. The number of benzene rings is 1. The minimum atomic E-state index is 0.0340. The van der Waals surface area contributed by atoms with E-state index in [1.807, 2.05) is 18.2 Å². The predicted octanol–water partition coefficient (Wildman–Crippen LogP) is 3.92. The number of hydrogen-bond donors (Lipinski definition) is 0. The van der Waals surface area contributed by atoms with Crippen LogP contribution in [0.15, 0.2) is 18.2 Å². The number of carbonyl (C=O) groups is 1. The zero-order valence-corrected chi connectivity index (χ0v) is 11.4. The molecular weight excluding hydrogens is 246 g/mol. The van der Waals surface area contributed by atoms with E-state index in [-0.39, 0.29) is 5.78 Å². The maximum absolute atomic E-state index is 11.4. The maximum Gasteiger partial charge on any atom is 0.161 e. The van der Waals surface area contributed by atoms with Crippen LogP contribution < -0.4 is 4.90 Å². The van der Waals surface area contributed by atoms with Crippen molar-refractivity contribution in [3.63, 3.8) is 0 Å². The van der Waals surface area contributed by atoms with E-state index >= 15 is 0 Å². The largest absolute Gasteiger partial charge is 0.368 e. The Balaban J connectivity index is 1.84. The molecule has 18 heavy (non-hydrogen) atoms. The van der Waals surface area contributed by atoms with Crippen molar-refractivity contribution in [2.75, 3.05) is 11.4 Å². The molecule has 0 aliphatic heterocycles. The van der Waals surface area contributed by atoms with Gasteiger partial charge >= 0.3 is 0 Å². The van der Waals surface area contributed by atoms with Crippen molar-refractivity contribution in [3.05, 3.63) is 28.8 Å². The van der Waals surface area contributed by atoms with Gasteiger partial charge in [-0.1, -0.05) is 11.6 Å². The second-order valence-electron chi connectivity index (χ2n) is 5.55. The average Bonchev–Trinajstić information content (AvgIpc) is 3.18. The molecule has 0 aromatic heterocycles. The Kier molecular flexibility index (Phi) is 3.06. The lowest BCUT2D eigenvalue weighted by molar-refractivity contribution is 0.101. The van der Waals surface area contributed by atoms with Crippen LogP contribution in [0.4, 0.5) is 5.69 Å². The first kappa shape index (κ1) is 12.0. The Hall–Kier alpha value is -1.02. The molecule has 2 aliphatic carbocycles. The minimum absolute atomic E-state index is 0.0340. The summed E-state index contributed by atoms with van der Waals surface area (Å²) in [6.07, 6.45) is 5.31. The van der Waals surface area contributed by atoms with Crippen molar-refractivity contribution in [1.82, 2.24) is 0 Å². The van der Waals surface area contributed by atoms with Gasteiger partial charge in [0.25, 0.3) is 0 Å². The summed E-state index contributed by atoms with van der Waals surface area (Å²) in [4.78, 5) is 13.9. The third kappa shape index (κ3) is 2.54. The fourth-order valence-electron chi connectivity index (χ4n) is 2.40. The van der Waals surface area contributed by atoms with E-state index in [2.05, 4.69) is 4.90 Å². The van der Waals surface area contributed by atoms with Crippen LogP contribution in [0.1, 0.15) is 43.0 Å². The van der Waals surface area contributed by atoms with Crippen LogP contribution in [0.3, 0.4) is 0 Å². The van der Waals surface area contributed by atoms with Gasteiger partial charge in [0.1, 0.15) is 0 Å². The molecule has 0 spiro atoms. The van der Waals surface area contributed by atoms with Crippen LogP contribution >= 0.6 is 11.6 Å². The first-order valence-corrected chi connectivity index (χ1v) is 7.10. The number of halogens is 1. The Morgan fingerprint density at radius 3 is 2.56 bits per heavy atom. The fraction of sp³-hybridized carbons (Fsp3) is 0.533. The standard InChI is InChI=1S/C15H18ClNO/c1-10(18)14-7-6-13(8-15(14)16)17(12-4-5-12)9-11-2-3-11/h6-8,11-12H,2-5,9H2,1H3. The summed E-state index contributed by atoms with van der Waals surface area (Å²) >= 11 is 6.20. The molecule has 0 radical (unpaired) electrons. The quantitative estimate of drug-likeness (QED) is 0.751. The molecule has 2 nitrogen and oxygen atoms in total. The van der Waals surface area contributed by atoms with Gasteiger partial charge in [-0.05, 0) is 56.7 Å². The zero-order valence-electron chi connectivity index (χ0n) is 10.7. The smallest absolute Gasteiger partial charge is 0.161 e. The molecule has 3 rings (SSSR count). The maximum atomic E-state index is 11.4. The highest BCUT2D eigenvalue weighted by atomic mass is 35.5. The Bertz CT molecular complexity index is 477. The molecule has 2 saturated carbocycles. The Labute approximate surface area is 113 Å². The number of Topliss-reactive ketones (excluding diaryl/α,β-unsaturated/α-hetero) is 1. The molecule has 3 heteroatoms. The van der Waals surface area contributed by atoms with Gasteiger partial charge in [0.15, 0.2) is 5.78 Å². The third-order valence-electron chi connectivity index (χ3n) is 3.80. The van der Waals surface area contributed by atoms with Crippen LogP contribution in [0.25, 0.3) is 0 Å². The number of carbonyl (C=O) groups excluding carboxylic acids is 1. The summed E-state index contributed by atoms with van der Waals surface area (Å²) in [7, 11) is 0. The van der Waals surface area contributed by atoms with Gasteiger partial charge in [-0.3, -0.25) is 4.79 Å². The lowest BCUT2D eigenvalue weighted by atomic mass is 10.1. The molecule has 0 unspecified atom stereocenters. The highest BCUT2D eigenvalue weighted by Crippen LogP contribution is 2.38. The second-order valence-corrected chi connectivity index (χ2v) is 5.95. The number of rotatable bonds is 5. The average molecular weight is 264 g/mol. The summed E-state index contributed by atoms with van der Waals surface area (Å²) in [6, 6.07) is 6.56. The van der Waals surface area contributed by atoms with E-state index in [9.17, 15) is 4.79 Å². The number of nitrogens with zero attached hydrogens (tertiary/aromatic N) is 1. The number of ketones is 1. The van der Waals surface area contributed by atoms with Gasteiger partial charge < -0.3 is 4.90 Å². The number of hydrogen-bond acceptors (Lipinski definition) is 2. The molecule has 0 bridgehead atoms. The van der Waals surface area contributed by atoms with E-state index in [1.165, 1.54) is 31.4 Å². The zero-order chi connectivity index (χ0) is 12.7. The molecule has 0 amide bonds. The summed E-state index contributed by atoms with van der Waals surface area (Å²) < 4.78 is 0. The third-order valence-corrected chi connectivity index (χ3v) is 4.12. The molecule has 1 aromatic carbocycles. The van der Waals surface area contributed by atoms with Crippen LogP contribution in [0, 0.1) is 5.92 Å². The van der Waals surface area contributed by atoms with Gasteiger partial charge in [0, 0.05) is 23.8 Å². The Morgan fingerprint density at radius 2 is 2.06 bits per heavy atom. The lowest BCUT2D eigenvalue weighted by Crippen LogP contribution is -2.28. The second kappa shape index (κ2) is 4.58. The van der Waals surface area contributed by atoms with Gasteiger partial charge in [0.2, 0.25) is 0 Å². The molecule has 96 valence electrons.